The van der Waals surface area contributed by atoms with Crippen molar-refractivity contribution in [1.29, 1.82) is 0 Å². The Morgan fingerprint density at radius 1 is 1.00 bits per heavy atom. The highest BCUT2D eigenvalue weighted by molar-refractivity contribution is 7.80. The first-order chi connectivity index (χ1) is 11.4. The van der Waals surface area contributed by atoms with Gasteiger partial charge in [-0.25, -0.2) is 0 Å². The van der Waals surface area contributed by atoms with E-state index < -0.39 is 0 Å². The molecule has 4 nitrogen and oxygen atoms in total. The van der Waals surface area contributed by atoms with Crippen LogP contribution in [0, 0.1) is 13.8 Å². The molecule has 0 spiro atoms. The maximum absolute atomic E-state index is 5.44. The number of aryl methyl sites for hydroxylation is 2. The first kappa shape index (κ1) is 18.1. The quantitative estimate of drug-likeness (QED) is 0.789. The van der Waals surface area contributed by atoms with Crippen molar-refractivity contribution in [1.82, 2.24) is 5.32 Å². The van der Waals surface area contributed by atoms with E-state index in [0.29, 0.717) is 16.6 Å². The van der Waals surface area contributed by atoms with E-state index in [1.807, 2.05) is 18.2 Å². The number of ether oxygens (including phenoxy) is 2. The van der Waals surface area contributed by atoms with Gasteiger partial charge in [-0.2, -0.15) is 0 Å². The predicted octanol–water partition coefficient (Wildman–Crippen LogP) is 4.37. The molecule has 2 rings (SSSR count). The molecule has 0 amide bonds. The zero-order chi connectivity index (χ0) is 17.7. The standard InChI is InChI=1S/C19H24N2O2S/c1-12-6-7-13(2)18(8-12)14(3)20-19(24)21-15-9-16(22-4)11-17(10-15)23-5/h6-11,14H,1-5H3,(H2,20,21,24)/t14-/m0/s1. The first-order valence-electron chi connectivity index (χ1n) is 7.80. The Morgan fingerprint density at radius 2 is 1.62 bits per heavy atom. The van der Waals surface area contributed by atoms with Gasteiger partial charge in [0.1, 0.15) is 11.5 Å². The first-order valence-corrected chi connectivity index (χ1v) is 8.21. The van der Waals surface area contributed by atoms with Crippen LogP contribution in [0.5, 0.6) is 11.5 Å². The molecular formula is C19H24N2O2S. The molecule has 0 saturated carbocycles. The molecule has 0 radical (unpaired) electrons. The van der Waals surface area contributed by atoms with E-state index in [1.54, 1.807) is 14.2 Å². The number of hydrogen-bond donors (Lipinski definition) is 2. The van der Waals surface area contributed by atoms with Crippen molar-refractivity contribution < 1.29 is 9.47 Å². The van der Waals surface area contributed by atoms with Gasteiger partial charge in [-0.15, -0.1) is 0 Å². The van der Waals surface area contributed by atoms with Crippen LogP contribution in [0.4, 0.5) is 5.69 Å². The normalized spacial score (nSPS) is 11.5. The molecule has 0 aliphatic rings. The minimum Gasteiger partial charge on any atom is -0.497 e. The summed E-state index contributed by atoms with van der Waals surface area (Å²) in [6, 6.07) is 12.1. The van der Waals surface area contributed by atoms with Crippen molar-refractivity contribution >= 4 is 23.0 Å². The van der Waals surface area contributed by atoms with E-state index >= 15 is 0 Å². The van der Waals surface area contributed by atoms with Crippen LogP contribution in [0.15, 0.2) is 36.4 Å². The van der Waals surface area contributed by atoms with Gasteiger partial charge in [-0.1, -0.05) is 23.8 Å². The van der Waals surface area contributed by atoms with E-state index in [-0.39, 0.29) is 6.04 Å². The lowest BCUT2D eigenvalue weighted by atomic mass is 10.0. The Balaban J connectivity index is 2.09. The Bertz CT molecular complexity index is 709. The second-order valence-electron chi connectivity index (χ2n) is 5.78. The summed E-state index contributed by atoms with van der Waals surface area (Å²) in [5, 5.41) is 7.07. The second-order valence-corrected chi connectivity index (χ2v) is 6.19. The third-order valence-corrected chi connectivity index (χ3v) is 4.08. The van der Waals surface area contributed by atoms with Crippen LogP contribution in [-0.4, -0.2) is 19.3 Å². The fourth-order valence-electron chi connectivity index (χ4n) is 2.55. The molecule has 5 heteroatoms. The molecule has 128 valence electrons. The van der Waals surface area contributed by atoms with Crippen LogP contribution in [0.3, 0.4) is 0 Å². The SMILES string of the molecule is COc1cc(NC(=S)N[C@@H](C)c2cc(C)ccc2C)cc(OC)c1. The minimum absolute atomic E-state index is 0.109. The van der Waals surface area contributed by atoms with Gasteiger partial charge in [-0.3, -0.25) is 0 Å². The lowest BCUT2D eigenvalue weighted by Crippen LogP contribution is -2.31. The number of hydrogen-bond acceptors (Lipinski definition) is 3. The van der Waals surface area contributed by atoms with Crippen molar-refractivity contribution in [3.05, 3.63) is 53.1 Å². The van der Waals surface area contributed by atoms with Gasteiger partial charge < -0.3 is 20.1 Å². The summed E-state index contributed by atoms with van der Waals surface area (Å²) in [5.41, 5.74) is 4.53. The fraction of sp³-hybridized carbons (Fsp3) is 0.316. The largest absolute Gasteiger partial charge is 0.497 e. The predicted molar refractivity (Wildman–Crippen MR) is 103 cm³/mol. The van der Waals surface area contributed by atoms with E-state index in [9.17, 15) is 0 Å². The smallest absolute Gasteiger partial charge is 0.171 e. The van der Waals surface area contributed by atoms with Crippen LogP contribution < -0.4 is 20.1 Å². The third kappa shape index (κ3) is 4.61. The molecular weight excluding hydrogens is 320 g/mol. The van der Waals surface area contributed by atoms with Crippen LogP contribution in [0.25, 0.3) is 0 Å². The van der Waals surface area contributed by atoms with Gasteiger partial charge in [0.25, 0.3) is 0 Å². The molecule has 1 atom stereocenters. The van der Waals surface area contributed by atoms with E-state index in [2.05, 4.69) is 49.6 Å². The number of thiocarbonyl (C=S) groups is 1. The summed E-state index contributed by atoms with van der Waals surface area (Å²) >= 11 is 5.44. The number of benzene rings is 2. The molecule has 24 heavy (non-hydrogen) atoms. The van der Waals surface area contributed by atoms with Crippen molar-refractivity contribution in [2.75, 3.05) is 19.5 Å². The van der Waals surface area contributed by atoms with Gasteiger partial charge >= 0.3 is 0 Å². The zero-order valence-electron chi connectivity index (χ0n) is 14.8. The van der Waals surface area contributed by atoms with Gasteiger partial charge in [0.2, 0.25) is 0 Å². The summed E-state index contributed by atoms with van der Waals surface area (Å²) in [7, 11) is 3.25. The average Bonchev–Trinajstić information content (AvgIpc) is 2.56. The summed E-state index contributed by atoms with van der Waals surface area (Å²) < 4.78 is 10.5. The van der Waals surface area contributed by atoms with Crippen LogP contribution in [-0.2, 0) is 0 Å². The van der Waals surface area contributed by atoms with Gasteiger partial charge in [0.05, 0.1) is 20.3 Å². The maximum atomic E-state index is 5.44. The molecule has 2 N–H and O–H groups in total. The highest BCUT2D eigenvalue weighted by Crippen LogP contribution is 2.26. The summed E-state index contributed by atoms with van der Waals surface area (Å²) in [5.74, 6) is 1.42. The van der Waals surface area contributed by atoms with E-state index in [4.69, 9.17) is 21.7 Å². The molecule has 0 fully saturated rings. The monoisotopic (exact) mass is 344 g/mol. The molecule has 0 aromatic heterocycles. The Kier molecular flexibility index (Phi) is 6.04. The lowest BCUT2D eigenvalue weighted by molar-refractivity contribution is 0.395. The highest BCUT2D eigenvalue weighted by atomic mass is 32.1. The Labute approximate surface area is 149 Å². The number of anilines is 1. The Morgan fingerprint density at radius 3 is 2.21 bits per heavy atom. The van der Waals surface area contributed by atoms with Crippen molar-refractivity contribution in [3.8, 4) is 11.5 Å². The van der Waals surface area contributed by atoms with Crippen LogP contribution in [0.2, 0.25) is 0 Å². The molecule has 0 unspecified atom stereocenters. The number of nitrogens with one attached hydrogen (secondary N) is 2. The number of rotatable bonds is 5. The maximum Gasteiger partial charge on any atom is 0.171 e. The molecule has 0 saturated heterocycles. The summed E-state index contributed by atoms with van der Waals surface area (Å²) in [6.45, 7) is 6.30. The van der Waals surface area contributed by atoms with Gasteiger partial charge in [-0.05, 0) is 44.1 Å². The average molecular weight is 344 g/mol. The molecule has 0 aliphatic carbocycles. The second kappa shape index (κ2) is 8.02. The summed E-state index contributed by atoms with van der Waals surface area (Å²) in [6.07, 6.45) is 0. The van der Waals surface area contributed by atoms with Gasteiger partial charge in [0, 0.05) is 23.9 Å². The molecule has 0 aliphatic heterocycles. The third-order valence-electron chi connectivity index (χ3n) is 3.86. The minimum atomic E-state index is 0.109. The van der Waals surface area contributed by atoms with E-state index in [1.165, 1.54) is 16.7 Å². The molecule has 2 aromatic rings. The van der Waals surface area contributed by atoms with Crippen molar-refractivity contribution in [3.63, 3.8) is 0 Å². The van der Waals surface area contributed by atoms with Crippen LogP contribution >= 0.6 is 12.2 Å². The molecule has 0 bridgehead atoms. The zero-order valence-corrected chi connectivity index (χ0v) is 15.6. The molecule has 0 heterocycles. The fourth-order valence-corrected chi connectivity index (χ4v) is 2.84. The Hall–Kier alpha value is -2.27. The lowest BCUT2D eigenvalue weighted by Gasteiger charge is -2.20. The number of methoxy groups -OCH3 is 2. The van der Waals surface area contributed by atoms with Crippen LogP contribution in [0.1, 0.15) is 29.7 Å². The molecule has 2 aromatic carbocycles. The van der Waals surface area contributed by atoms with Gasteiger partial charge in [0.15, 0.2) is 5.11 Å². The van der Waals surface area contributed by atoms with E-state index in [0.717, 1.165) is 5.69 Å². The topological polar surface area (TPSA) is 42.5 Å². The van der Waals surface area contributed by atoms with Crippen molar-refractivity contribution in [2.24, 2.45) is 0 Å². The summed E-state index contributed by atoms with van der Waals surface area (Å²) in [4.78, 5) is 0. The van der Waals surface area contributed by atoms with Crippen molar-refractivity contribution in [2.45, 2.75) is 26.8 Å². The highest BCUT2D eigenvalue weighted by Gasteiger charge is 2.11.